The first-order valence-electron chi connectivity index (χ1n) is 14.7. The van der Waals surface area contributed by atoms with Gasteiger partial charge in [0.2, 0.25) is 5.91 Å². The fraction of sp³-hybridized carbons (Fsp3) is 0.429. The van der Waals surface area contributed by atoms with Crippen LogP contribution >= 0.6 is 0 Å². The Morgan fingerprint density at radius 1 is 0.950 bits per heavy atom. The number of aliphatic imine (C=N–C) groups is 1. The second-order valence-electron chi connectivity index (χ2n) is 12.6. The van der Waals surface area contributed by atoms with Crippen molar-refractivity contribution in [2.45, 2.75) is 83.7 Å². The van der Waals surface area contributed by atoms with Gasteiger partial charge in [-0.05, 0) is 77.7 Å². The molecule has 3 aromatic rings. The van der Waals surface area contributed by atoms with Crippen LogP contribution in [0.5, 0.6) is 0 Å². The summed E-state index contributed by atoms with van der Waals surface area (Å²) in [5.41, 5.74) is 5.76. The van der Waals surface area contributed by atoms with Crippen molar-refractivity contribution < 1.29 is 4.79 Å². The van der Waals surface area contributed by atoms with Gasteiger partial charge < -0.3 is 5.32 Å². The van der Waals surface area contributed by atoms with Crippen LogP contribution < -0.4 is 5.32 Å². The van der Waals surface area contributed by atoms with Gasteiger partial charge in [0.15, 0.2) is 0 Å². The summed E-state index contributed by atoms with van der Waals surface area (Å²) in [6, 6.07) is 19.0. The lowest BCUT2D eigenvalue weighted by atomic mass is 9.72. The zero-order valence-electron chi connectivity index (χ0n) is 24.3. The van der Waals surface area contributed by atoms with Crippen molar-refractivity contribution >= 4 is 17.7 Å². The monoisotopic (exact) mass is 534 g/mol. The maximum atomic E-state index is 13.7. The Labute approximate surface area is 239 Å². The van der Waals surface area contributed by atoms with Crippen LogP contribution in [0.4, 0.5) is 0 Å². The molecule has 0 spiro atoms. The quantitative estimate of drug-likeness (QED) is 0.336. The minimum absolute atomic E-state index is 0.0605. The smallest absolute Gasteiger partial charge is 0.228 e. The van der Waals surface area contributed by atoms with Gasteiger partial charge in [-0.25, -0.2) is 9.97 Å². The number of benzene rings is 2. The van der Waals surface area contributed by atoms with E-state index in [0.717, 1.165) is 60.2 Å². The SMILES string of the molecule is CC1C=C(c2ccc(C(C(=O)NCc3ccccc3)C3CCC(Cc4ncc(C(C)(C)C)cn4)CC3)cc2)C=N1. The van der Waals surface area contributed by atoms with Crippen LogP contribution in [-0.4, -0.2) is 28.1 Å². The average Bonchev–Trinajstić information content (AvgIpc) is 3.40. The molecule has 2 atom stereocenters. The molecule has 1 amide bonds. The molecule has 1 aromatic heterocycles. The summed E-state index contributed by atoms with van der Waals surface area (Å²) in [7, 11) is 0. The van der Waals surface area contributed by atoms with Crippen LogP contribution in [-0.2, 0) is 23.2 Å². The second-order valence-corrected chi connectivity index (χ2v) is 12.6. The van der Waals surface area contributed by atoms with E-state index in [-0.39, 0.29) is 23.3 Å². The normalized spacial score (nSPS) is 21.6. The van der Waals surface area contributed by atoms with Crippen LogP contribution in [0, 0.1) is 11.8 Å². The van der Waals surface area contributed by atoms with Gasteiger partial charge in [-0.15, -0.1) is 0 Å². The molecule has 0 saturated heterocycles. The first-order valence-corrected chi connectivity index (χ1v) is 14.7. The third-order valence-corrected chi connectivity index (χ3v) is 8.47. The van der Waals surface area contributed by atoms with Crippen molar-refractivity contribution in [1.82, 2.24) is 15.3 Å². The van der Waals surface area contributed by atoms with Gasteiger partial charge in [0, 0.05) is 31.6 Å². The van der Waals surface area contributed by atoms with Gasteiger partial charge in [0.05, 0.1) is 12.0 Å². The van der Waals surface area contributed by atoms with Crippen molar-refractivity contribution in [2.75, 3.05) is 0 Å². The zero-order chi connectivity index (χ0) is 28.1. The molecular formula is C35H42N4O. The molecule has 0 bridgehead atoms. The molecule has 2 aliphatic rings. The topological polar surface area (TPSA) is 67.2 Å². The average molecular weight is 535 g/mol. The van der Waals surface area contributed by atoms with Gasteiger partial charge in [-0.2, -0.15) is 0 Å². The van der Waals surface area contributed by atoms with Gasteiger partial charge >= 0.3 is 0 Å². The maximum absolute atomic E-state index is 13.7. The highest BCUT2D eigenvalue weighted by atomic mass is 16.1. The molecular weight excluding hydrogens is 492 g/mol. The number of hydrogen-bond acceptors (Lipinski definition) is 4. The molecule has 2 unspecified atom stereocenters. The molecule has 2 aromatic carbocycles. The number of hydrogen-bond donors (Lipinski definition) is 1. The Balaban J connectivity index is 1.27. The van der Waals surface area contributed by atoms with Crippen molar-refractivity contribution in [2.24, 2.45) is 16.8 Å². The first-order chi connectivity index (χ1) is 19.3. The fourth-order valence-electron chi connectivity index (χ4n) is 5.96. The predicted octanol–water partition coefficient (Wildman–Crippen LogP) is 7.08. The van der Waals surface area contributed by atoms with E-state index in [1.54, 1.807) is 0 Å². The number of rotatable bonds is 8. The van der Waals surface area contributed by atoms with Gasteiger partial charge in [0.1, 0.15) is 5.82 Å². The Bertz CT molecular complexity index is 1330. The van der Waals surface area contributed by atoms with Crippen LogP contribution in [0.2, 0.25) is 0 Å². The van der Waals surface area contributed by atoms with E-state index in [1.165, 1.54) is 5.56 Å². The summed E-state index contributed by atoms with van der Waals surface area (Å²) in [5, 5.41) is 3.25. The number of carbonyl (C=O) groups excluding carboxylic acids is 1. The third kappa shape index (κ3) is 6.93. The van der Waals surface area contributed by atoms with Gasteiger partial charge in [0.25, 0.3) is 0 Å². The minimum atomic E-state index is -0.161. The van der Waals surface area contributed by atoms with Crippen LogP contribution in [0.15, 0.2) is 78.1 Å². The Morgan fingerprint density at radius 2 is 1.62 bits per heavy atom. The Kier molecular flexibility index (Phi) is 8.58. The molecule has 1 aliphatic carbocycles. The fourth-order valence-corrected chi connectivity index (χ4v) is 5.96. The van der Waals surface area contributed by atoms with Crippen molar-refractivity contribution in [3.8, 4) is 0 Å². The Morgan fingerprint density at radius 3 is 2.23 bits per heavy atom. The lowest BCUT2D eigenvalue weighted by molar-refractivity contribution is -0.124. The molecule has 5 rings (SSSR count). The molecule has 1 aliphatic heterocycles. The first kappa shape index (κ1) is 27.9. The number of allylic oxidation sites excluding steroid dienone is 1. The molecule has 5 nitrogen and oxygen atoms in total. The van der Waals surface area contributed by atoms with E-state index in [1.807, 2.05) is 36.8 Å². The van der Waals surface area contributed by atoms with Crippen molar-refractivity contribution in [1.29, 1.82) is 0 Å². The zero-order valence-corrected chi connectivity index (χ0v) is 24.3. The maximum Gasteiger partial charge on any atom is 0.228 e. The minimum Gasteiger partial charge on any atom is -0.351 e. The molecule has 5 heteroatoms. The number of carbonyl (C=O) groups is 1. The lowest BCUT2D eigenvalue weighted by Gasteiger charge is -2.33. The number of nitrogens with zero attached hydrogens (tertiary/aromatic N) is 3. The highest BCUT2D eigenvalue weighted by Crippen LogP contribution is 2.40. The summed E-state index contributed by atoms with van der Waals surface area (Å²) in [4.78, 5) is 27.5. The molecule has 208 valence electrons. The van der Waals surface area contributed by atoms with Crippen molar-refractivity contribution in [3.63, 3.8) is 0 Å². The van der Waals surface area contributed by atoms with E-state index in [4.69, 9.17) is 0 Å². The summed E-state index contributed by atoms with van der Waals surface area (Å²) in [6.07, 6.45) is 13.3. The van der Waals surface area contributed by atoms with E-state index in [9.17, 15) is 4.79 Å². The molecule has 1 fully saturated rings. The third-order valence-electron chi connectivity index (χ3n) is 8.47. The number of aromatic nitrogens is 2. The molecule has 1 saturated carbocycles. The highest BCUT2D eigenvalue weighted by Gasteiger charge is 2.33. The summed E-state index contributed by atoms with van der Waals surface area (Å²) < 4.78 is 0. The summed E-state index contributed by atoms with van der Waals surface area (Å²) in [5.74, 6) is 1.77. The van der Waals surface area contributed by atoms with Crippen LogP contribution in [0.3, 0.4) is 0 Å². The van der Waals surface area contributed by atoms with Crippen molar-refractivity contribution in [3.05, 3.63) is 101 Å². The lowest BCUT2D eigenvalue weighted by Crippen LogP contribution is -2.35. The van der Waals surface area contributed by atoms with E-state index in [0.29, 0.717) is 18.4 Å². The van der Waals surface area contributed by atoms with Crippen LogP contribution in [0.25, 0.3) is 5.57 Å². The van der Waals surface area contributed by atoms with E-state index >= 15 is 0 Å². The standard InChI is InChI=1S/C35H42N4O/c1-24-18-30(21-36-24)27-14-16-29(17-15-27)33(34(40)39-20-26-8-6-5-7-9-26)28-12-10-25(11-13-28)19-32-37-22-31(23-38-32)35(2,3)4/h5-9,14-18,21-25,28,33H,10-13,19-20H2,1-4H3,(H,39,40). The highest BCUT2D eigenvalue weighted by molar-refractivity contribution is 6.11. The molecule has 1 N–H and O–H groups in total. The molecule has 40 heavy (non-hydrogen) atoms. The summed E-state index contributed by atoms with van der Waals surface area (Å²) >= 11 is 0. The largest absolute Gasteiger partial charge is 0.351 e. The van der Waals surface area contributed by atoms with Gasteiger partial charge in [-0.1, -0.05) is 81.4 Å². The van der Waals surface area contributed by atoms with E-state index in [2.05, 4.69) is 90.4 Å². The van der Waals surface area contributed by atoms with Crippen LogP contribution in [0.1, 0.15) is 87.4 Å². The number of amides is 1. The van der Waals surface area contributed by atoms with E-state index < -0.39 is 0 Å². The molecule has 2 heterocycles. The summed E-state index contributed by atoms with van der Waals surface area (Å²) in [6.45, 7) is 9.20. The Hall–Kier alpha value is -3.60. The second kappa shape index (κ2) is 12.3. The predicted molar refractivity (Wildman–Crippen MR) is 163 cm³/mol. The van der Waals surface area contributed by atoms with Gasteiger partial charge in [-0.3, -0.25) is 9.79 Å². The molecule has 0 radical (unpaired) electrons. The number of nitrogens with one attached hydrogen (secondary N) is 1.